The topological polar surface area (TPSA) is 48.7 Å². The number of ether oxygens (including phenoxy) is 2. The van der Waals surface area contributed by atoms with Gasteiger partial charge in [0.05, 0.1) is 14.2 Å². The number of hydrogen-bond acceptors (Lipinski definition) is 4. The van der Waals surface area contributed by atoms with Crippen LogP contribution in [0.3, 0.4) is 0 Å². The van der Waals surface area contributed by atoms with Crippen LogP contribution < -0.4 is 14.9 Å². The molecule has 0 unspecified atom stereocenters. The summed E-state index contributed by atoms with van der Waals surface area (Å²) in [6.07, 6.45) is 0. The zero-order chi connectivity index (χ0) is 11.7. The summed E-state index contributed by atoms with van der Waals surface area (Å²) in [4.78, 5) is 11.9. The molecule has 0 saturated carbocycles. The van der Waals surface area contributed by atoms with Crippen LogP contribution in [0.4, 0.5) is 0 Å². The third kappa shape index (κ3) is 1.52. The lowest BCUT2D eigenvalue weighted by Crippen LogP contribution is -2.03. The quantitative estimate of drug-likeness (QED) is 0.777. The van der Waals surface area contributed by atoms with Crippen molar-refractivity contribution in [1.82, 2.24) is 0 Å². The molecule has 0 saturated heterocycles. The Kier molecular flexibility index (Phi) is 2.56. The van der Waals surface area contributed by atoms with Crippen molar-refractivity contribution in [2.75, 3.05) is 14.2 Å². The van der Waals surface area contributed by atoms with Gasteiger partial charge in [-0.25, -0.2) is 0 Å². The normalized spacial score (nSPS) is 10.4. The van der Waals surface area contributed by atoms with Crippen LogP contribution in [0.15, 0.2) is 27.4 Å². The third-order valence-corrected chi connectivity index (χ3v) is 2.37. The van der Waals surface area contributed by atoms with Crippen LogP contribution in [0.1, 0.15) is 5.76 Å². The van der Waals surface area contributed by atoms with E-state index in [0.717, 1.165) is 0 Å². The first-order chi connectivity index (χ1) is 7.67. The smallest absolute Gasteiger partial charge is 0.196 e. The molecular weight excluding hydrogens is 208 g/mol. The third-order valence-electron chi connectivity index (χ3n) is 2.37. The second-order valence-corrected chi connectivity index (χ2v) is 3.40. The minimum Gasteiger partial charge on any atom is -0.496 e. The van der Waals surface area contributed by atoms with Crippen molar-refractivity contribution in [3.8, 4) is 11.5 Å². The maximum Gasteiger partial charge on any atom is 0.196 e. The Balaban J connectivity index is 2.96. The average molecular weight is 220 g/mol. The fraction of sp³-hybridized carbons (Fsp3) is 0.250. The molecule has 0 N–H and O–H groups in total. The molecular formula is C12H12O4. The Morgan fingerprint density at radius 1 is 1.12 bits per heavy atom. The van der Waals surface area contributed by atoms with Gasteiger partial charge in [-0.1, -0.05) is 0 Å². The van der Waals surface area contributed by atoms with E-state index in [1.165, 1.54) is 20.3 Å². The molecule has 0 aliphatic rings. The van der Waals surface area contributed by atoms with E-state index in [0.29, 0.717) is 28.2 Å². The summed E-state index contributed by atoms with van der Waals surface area (Å²) in [5.41, 5.74) is 0.293. The first kappa shape index (κ1) is 10.5. The van der Waals surface area contributed by atoms with Crippen LogP contribution in [-0.4, -0.2) is 14.2 Å². The van der Waals surface area contributed by atoms with E-state index in [2.05, 4.69) is 0 Å². The maximum absolute atomic E-state index is 11.9. The Morgan fingerprint density at radius 2 is 1.75 bits per heavy atom. The van der Waals surface area contributed by atoms with Crippen LogP contribution in [0, 0.1) is 6.92 Å². The zero-order valence-electron chi connectivity index (χ0n) is 9.37. The molecule has 0 spiro atoms. The summed E-state index contributed by atoms with van der Waals surface area (Å²) in [7, 11) is 3.05. The predicted octanol–water partition coefficient (Wildman–Crippen LogP) is 2.12. The molecule has 16 heavy (non-hydrogen) atoms. The van der Waals surface area contributed by atoms with Crippen molar-refractivity contribution in [2.24, 2.45) is 0 Å². The second kappa shape index (κ2) is 3.89. The Morgan fingerprint density at radius 3 is 2.38 bits per heavy atom. The lowest BCUT2D eigenvalue weighted by molar-refractivity contribution is 0.399. The van der Waals surface area contributed by atoms with E-state index < -0.39 is 0 Å². The van der Waals surface area contributed by atoms with Gasteiger partial charge in [-0.05, 0) is 19.1 Å². The fourth-order valence-electron chi connectivity index (χ4n) is 1.66. The van der Waals surface area contributed by atoms with E-state index in [9.17, 15) is 4.79 Å². The molecule has 0 aliphatic heterocycles. The van der Waals surface area contributed by atoms with Gasteiger partial charge in [-0.2, -0.15) is 0 Å². The van der Waals surface area contributed by atoms with Crippen molar-refractivity contribution >= 4 is 11.0 Å². The van der Waals surface area contributed by atoms with Gasteiger partial charge in [0.1, 0.15) is 16.9 Å². The summed E-state index contributed by atoms with van der Waals surface area (Å²) < 4.78 is 15.8. The van der Waals surface area contributed by atoms with Crippen molar-refractivity contribution in [3.05, 3.63) is 34.2 Å². The SMILES string of the molecule is COc1ccc(OC)c2c(=O)cc(C)oc12. The predicted molar refractivity (Wildman–Crippen MR) is 60.3 cm³/mol. The minimum absolute atomic E-state index is 0.130. The van der Waals surface area contributed by atoms with E-state index >= 15 is 0 Å². The highest BCUT2D eigenvalue weighted by molar-refractivity contribution is 5.88. The summed E-state index contributed by atoms with van der Waals surface area (Å²) >= 11 is 0. The van der Waals surface area contributed by atoms with Gasteiger partial charge >= 0.3 is 0 Å². The lowest BCUT2D eigenvalue weighted by Gasteiger charge is -2.08. The average Bonchev–Trinajstić information content (AvgIpc) is 2.27. The highest BCUT2D eigenvalue weighted by Gasteiger charge is 2.13. The van der Waals surface area contributed by atoms with Gasteiger partial charge in [0.2, 0.25) is 0 Å². The first-order valence-corrected chi connectivity index (χ1v) is 4.83. The highest BCUT2D eigenvalue weighted by Crippen LogP contribution is 2.30. The molecule has 4 nitrogen and oxygen atoms in total. The molecule has 4 heteroatoms. The molecule has 0 atom stereocenters. The summed E-state index contributed by atoms with van der Waals surface area (Å²) in [6, 6.07) is 4.83. The summed E-state index contributed by atoms with van der Waals surface area (Å²) in [6.45, 7) is 1.72. The Hall–Kier alpha value is -1.97. The number of rotatable bonds is 2. The largest absolute Gasteiger partial charge is 0.496 e. The van der Waals surface area contributed by atoms with Crippen LogP contribution >= 0.6 is 0 Å². The molecule has 1 aromatic carbocycles. The van der Waals surface area contributed by atoms with Gasteiger partial charge in [0.15, 0.2) is 16.8 Å². The fourth-order valence-corrected chi connectivity index (χ4v) is 1.66. The molecule has 0 fully saturated rings. The molecule has 0 amide bonds. The molecule has 1 aromatic heterocycles. The van der Waals surface area contributed by atoms with Gasteiger partial charge in [0.25, 0.3) is 0 Å². The van der Waals surface area contributed by atoms with Crippen molar-refractivity contribution < 1.29 is 13.9 Å². The number of aryl methyl sites for hydroxylation is 1. The monoisotopic (exact) mass is 220 g/mol. The highest BCUT2D eigenvalue weighted by atomic mass is 16.5. The standard InChI is InChI=1S/C12H12O4/c1-7-6-8(13)11-9(14-2)4-5-10(15-3)12(11)16-7/h4-6H,1-3H3. The van der Waals surface area contributed by atoms with Crippen LogP contribution in [-0.2, 0) is 0 Å². The molecule has 1 heterocycles. The molecule has 0 aliphatic carbocycles. The number of fused-ring (bicyclic) bond motifs is 1. The van der Waals surface area contributed by atoms with Crippen molar-refractivity contribution in [2.45, 2.75) is 6.92 Å². The summed E-state index contributed by atoms with van der Waals surface area (Å²) in [5.74, 6) is 1.56. The van der Waals surface area contributed by atoms with E-state index in [1.807, 2.05) is 0 Å². The van der Waals surface area contributed by atoms with Gasteiger partial charge in [0, 0.05) is 6.07 Å². The Labute approximate surface area is 92.4 Å². The van der Waals surface area contributed by atoms with Crippen LogP contribution in [0.25, 0.3) is 11.0 Å². The van der Waals surface area contributed by atoms with Gasteiger partial charge < -0.3 is 13.9 Å². The Bertz CT molecular complexity index is 583. The van der Waals surface area contributed by atoms with Gasteiger partial charge in [-0.15, -0.1) is 0 Å². The minimum atomic E-state index is -0.130. The van der Waals surface area contributed by atoms with E-state index in [4.69, 9.17) is 13.9 Å². The molecule has 0 bridgehead atoms. The van der Waals surface area contributed by atoms with Crippen LogP contribution in [0.5, 0.6) is 11.5 Å². The van der Waals surface area contributed by atoms with Crippen LogP contribution in [0.2, 0.25) is 0 Å². The second-order valence-electron chi connectivity index (χ2n) is 3.40. The number of hydrogen-bond donors (Lipinski definition) is 0. The molecule has 84 valence electrons. The maximum atomic E-state index is 11.9. The van der Waals surface area contributed by atoms with Crippen molar-refractivity contribution in [1.29, 1.82) is 0 Å². The summed E-state index contributed by atoms with van der Waals surface area (Å²) in [5, 5.41) is 0.410. The molecule has 2 aromatic rings. The first-order valence-electron chi connectivity index (χ1n) is 4.83. The number of benzene rings is 1. The van der Waals surface area contributed by atoms with Crippen molar-refractivity contribution in [3.63, 3.8) is 0 Å². The van der Waals surface area contributed by atoms with E-state index in [1.54, 1.807) is 19.1 Å². The van der Waals surface area contributed by atoms with Gasteiger partial charge in [-0.3, -0.25) is 4.79 Å². The molecule has 0 radical (unpaired) electrons. The lowest BCUT2D eigenvalue weighted by atomic mass is 10.2. The van der Waals surface area contributed by atoms with E-state index in [-0.39, 0.29) is 5.43 Å². The zero-order valence-corrected chi connectivity index (χ0v) is 9.37. The molecule has 2 rings (SSSR count). The number of methoxy groups -OCH3 is 2.